The Morgan fingerprint density at radius 2 is 1.50 bits per heavy atom. The second-order valence-corrected chi connectivity index (χ2v) is 6.34. The maximum Gasteiger partial charge on any atom is 0.490 e. The van der Waals surface area contributed by atoms with Gasteiger partial charge in [-0.15, -0.1) is 0 Å². The van der Waals surface area contributed by atoms with Gasteiger partial charge in [-0.2, -0.15) is 36.7 Å². The highest BCUT2D eigenvalue weighted by Crippen LogP contribution is 2.13. The summed E-state index contributed by atoms with van der Waals surface area (Å²) in [6.07, 6.45) is -0.284. The first-order chi connectivity index (χ1) is 11.0. The zero-order chi connectivity index (χ0) is 19.3. The molecule has 1 amide bonds. The van der Waals surface area contributed by atoms with Gasteiger partial charge in [0.25, 0.3) is 0 Å². The number of carboxylic acids is 2. The number of hydrogen-bond donors (Lipinski definition) is 4. The third kappa shape index (κ3) is 13.3. The van der Waals surface area contributed by atoms with Gasteiger partial charge in [-0.05, 0) is 36.9 Å². The number of nitrogens with one attached hydrogen (secondary N) is 1. The number of carboxylic acid groups (broad SMARTS) is 2. The summed E-state index contributed by atoms with van der Waals surface area (Å²) < 4.78 is 31.7. The van der Waals surface area contributed by atoms with Crippen molar-refractivity contribution in [3.63, 3.8) is 0 Å². The number of aliphatic carboxylic acids is 2. The molecule has 5 N–H and O–H groups in total. The highest BCUT2D eigenvalue weighted by atomic mass is 32.2. The van der Waals surface area contributed by atoms with E-state index in [0.29, 0.717) is 18.6 Å². The highest BCUT2D eigenvalue weighted by Gasteiger charge is 2.38. The van der Waals surface area contributed by atoms with Crippen molar-refractivity contribution >= 4 is 41.4 Å². The van der Waals surface area contributed by atoms with E-state index in [1.807, 2.05) is 12.5 Å². The Labute approximate surface area is 145 Å². The van der Waals surface area contributed by atoms with E-state index in [1.165, 1.54) is 0 Å². The molecule has 12 heteroatoms. The molecule has 0 aromatic carbocycles. The fraction of sp³-hybridized carbons (Fsp3) is 0.750. The summed E-state index contributed by atoms with van der Waals surface area (Å²) in [5.41, 5.74) is 5.66. The second kappa shape index (κ2) is 13.2. The van der Waals surface area contributed by atoms with Gasteiger partial charge in [-0.25, -0.2) is 9.59 Å². The van der Waals surface area contributed by atoms with Crippen LogP contribution in [0.25, 0.3) is 0 Å². The van der Waals surface area contributed by atoms with E-state index in [2.05, 4.69) is 5.32 Å². The van der Waals surface area contributed by atoms with Gasteiger partial charge in [-0.1, -0.05) is 0 Å². The molecule has 0 aromatic heterocycles. The van der Waals surface area contributed by atoms with Crippen LogP contribution in [0.5, 0.6) is 0 Å². The first-order valence-corrected chi connectivity index (χ1v) is 9.32. The summed E-state index contributed by atoms with van der Waals surface area (Å²) in [6.45, 7) is 0. The maximum absolute atomic E-state index is 11.6. The zero-order valence-electron chi connectivity index (χ0n) is 13.1. The lowest BCUT2D eigenvalue weighted by Gasteiger charge is -2.17. The Hall–Kier alpha value is -1.14. The number of carbonyl (C=O) groups is 3. The largest absolute Gasteiger partial charge is 0.490 e. The third-order valence-electron chi connectivity index (χ3n) is 2.44. The molecule has 0 heterocycles. The lowest BCUT2D eigenvalue weighted by atomic mass is 10.2. The molecular weight excluding hydrogens is 373 g/mol. The molecule has 0 saturated carbocycles. The molecule has 0 aliphatic rings. The van der Waals surface area contributed by atoms with Crippen LogP contribution in [0.2, 0.25) is 0 Å². The maximum atomic E-state index is 11.6. The van der Waals surface area contributed by atoms with Crippen molar-refractivity contribution in [2.45, 2.75) is 31.1 Å². The first kappa shape index (κ1) is 25.1. The Kier molecular flexibility index (Phi) is 13.8. The summed E-state index contributed by atoms with van der Waals surface area (Å²) in [4.78, 5) is 31.4. The van der Waals surface area contributed by atoms with Crippen molar-refractivity contribution in [2.24, 2.45) is 5.73 Å². The van der Waals surface area contributed by atoms with E-state index >= 15 is 0 Å². The van der Waals surface area contributed by atoms with Gasteiger partial charge < -0.3 is 21.3 Å². The number of thioether (sulfide) groups is 2. The molecule has 0 rings (SSSR count). The van der Waals surface area contributed by atoms with Crippen molar-refractivity contribution in [3.8, 4) is 0 Å². The molecule has 24 heavy (non-hydrogen) atoms. The van der Waals surface area contributed by atoms with Crippen molar-refractivity contribution in [1.29, 1.82) is 0 Å². The normalized spacial score (nSPS) is 13.2. The van der Waals surface area contributed by atoms with Crippen LogP contribution in [-0.2, 0) is 14.4 Å². The lowest BCUT2D eigenvalue weighted by Crippen LogP contribution is -2.48. The summed E-state index contributed by atoms with van der Waals surface area (Å²) in [6, 6.07) is -1.46. The lowest BCUT2D eigenvalue weighted by molar-refractivity contribution is -0.192. The van der Waals surface area contributed by atoms with Gasteiger partial charge >= 0.3 is 18.1 Å². The molecule has 0 aliphatic carbocycles. The van der Waals surface area contributed by atoms with Crippen molar-refractivity contribution < 1.29 is 37.8 Å². The van der Waals surface area contributed by atoms with E-state index in [1.54, 1.807) is 23.5 Å². The fourth-order valence-electron chi connectivity index (χ4n) is 1.15. The predicted molar refractivity (Wildman–Crippen MR) is 87.2 cm³/mol. The Bertz CT molecular complexity index is 411. The predicted octanol–water partition coefficient (Wildman–Crippen LogP) is 1.02. The van der Waals surface area contributed by atoms with E-state index < -0.39 is 30.2 Å². The average Bonchev–Trinajstić information content (AvgIpc) is 2.47. The topological polar surface area (TPSA) is 130 Å². The van der Waals surface area contributed by atoms with Gasteiger partial charge in [0.05, 0.1) is 6.04 Å². The number of alkyl halides is 3. The molecule has 0 fully saturated rings. The van der Waals surface area contributed by atoms with Gasteiger partial charge in [0, 0.05) is 0 Å². The summed E-state index contributed by atoms with van der Waals surface area (Å²) in [5.74, 6) is -2.67. The molecule has 7 nitrogen and oxygen atoms in total. The van der Waals surface area contributed by atoms with Crippen LogP contribution < -0.4 is 11.1 Å². The second-order valence-electron chi connectivity index (χ2n) is 4.37. The molecule has 0 saturated heterocycles. The minimum atomic E-state index is -5.08. The SMILES string of the molecule is CSCC[C@H](NC(=O)[C@@H](N)CCSC)C(=O)O.O=C(O)C(F)(F)F. The molecule has 0 unspecified atom stereocenters. The average molecular weight is 394 g/mol. The van der Waals surface area contributed by atoms with Crippen molar-refractivity contribution in [1.82, 2.24) is 5.32 Å². The fourth-order valence-corrected chi connectivity index (χ4v) is 2.11. The smallest absolute Gasteiger partial charge is 0.480 e. The van der Waals surface area contributed by atoms with E-state index in [4.69, 9.17) is 20.7 Å². The molecule has 0 radical (unpaired) electrons. The monoisotopic (exact) mass is 394 g/mol. The molecule has 0 aliphatic heterocycles. The quantitative estimate of drug-likeness (QED) is 0.456. The summed E-state index contributed by atoms with van der Waals surface area (Å²) in [5, 5.41) is 18.5. The summed E-state index contributed by atoms with van der Waals surface area (Å²) >= 11 is 3.15. The number of nitrogens with two attached hydrogens (primary N) is 1. The van der Waals surface area contributed by atoms with Crippen LogP contribution in [0.4, 0.5) is 13.2 Å². The van der Waals surface area contributed by atoms with Gasteiger partial charge in [0.1, 0.15) is 6.04 Å². The van der Waals surface area contributed by atoms with Crippen LogP contribution >= 0.6 is 23.5 Å². The van der Waals surface area contributed by atoms with Crippen LogP contribution in [0, 0.1) is 0 Å². The van der Waals surface area contributed by atoms with Gasteiger partial charge in [-0.3, -0.25) is 4.79 Å². The van der Waals surface area contributed by atoms with E-state index in [0.717, 1.165) is 5.75 Å². The molecule has 142 valence electrons. The first-order valence-electron chi connectivity index (χ1n) is 6.54. The number of hydrogen-bond acceptors (Lipinski definition) is 6. The number of halogens is 3. The van der Waals surface area contributed by atoms with Crippen LogP contribution in [0.3, 0.4) is 0 Å². The minimum absolute atomic E-state index is 0.382. The van der Waals surface area contributed by atoms with Crippen molar-refractivity contribution in [3.05, 3.63) is 0 Å². The molecular formula is C12H21F3N2O5S2. The minimum Gasteiger partial charge on any atom is -0.480 e. The zero-order valence-corrected chi connectivity index (χ0v) is 14.8. The van der Waals surface area contributed by atoms with E-state index in [9.17, 15) is 22.8 Å². The number of amides is 1. The van der Waals surface area contributed by atoms with E-state index in [-0.39, 0.29) is 5.91 Å². The van der Waals surface area contributed by atoms with Gasteiger partial charge in [0.15, 0.2) is 0 Å². The van der Waals surface area contributed by atoms with Crippen molar-refractivity contribution in [2.75, 3.05) is 24.0 Å². The Balaban J connectivity index is 0. The van der Waals surface area contributed by atoms with Crippen LogP contribution in [0.1, 0.15) is 12.8 Å². The van der Waals surface area contributed by atoms with Crippen LogP contribution in [0.15, 0.2) is 0 Å². The Morgan fingerprint density at radius 1 is 1.08 bits per heavy atom. The molecule has 0 bridgehead atoms. The Morgan fingerprint density at radius 3 is 1.83 bits per heavy atom. The highest BCUT2D eigenvalue weighted by molar-refractivity contribution is 7.98. The molecule has 0 spiro atoms. The standard InChI is InChI=1S/C10H20N2O3S2.C2HF3O2/c1-16-5-3-7(11)9(13)12-8(10(14)15)4-6-17-2;3-2(4,5)1(6)7/h7-8H,3-6,11H2,1-2H3,(H,12,13)(H,14,15);(H,6,7)/t7-,8-;/m0./s1. The number of carbonyl (C=O) groups excluding carboxylic acids is 1. The number of rotatable bonds is 9. The van der Waals surface area contributed by atoms with Crippen LogP contribution in [-0.4, -0.2) is 70.3 Å². The molecule has 0 aromatic rings. The molecule has 2 atom stereocenters. The summed E-state index contributed by atoms with van der Waals surface area (Å²) in [7, 11) is 0. The third-order valence-corrected chi connectivity index (χ3v) is 3.73. The van der Waals surface area contributed by atoms with Gasteiger partial charge in [0.2, 0.25) is 5.91 Å².